The largest absolute Gasteiger partial charge is 0.462 e. The standard InChI is InChI=1S/C73H140O6/c1-4-7-10-13-16-19-22-25-28-30-32-34-35-36-37-39-40-42-45-48-51-54-57-60-63-66-72(75)78-69-70(68-77-71(74)65-62-59-56-53-50-47-44-27-24-21-18-15-12-9-6-3)79-73(76)67-64-61-58-55-52-49-46-43-41-38-33-31-29-26-23-20-17-14-11-8-5-2/h30,32,70H,4-29,31,33-69H2,1-3H3/b32-30-. The summed E-state index contributed by atoms with van der Waals surface area (Å²) >= 11 is 0. The fourth-order valence-corrected chi connectivity index (χ4v) is 11.3. The summed E-state index contributed by atoms with van der Waals surface area (Å²) in [5, 5.41) is 0. The molecule has 0 aliphatic rings. The first-order valence-electron chi connectivity index (χ1n) is 36.2. The molecule has 0 saturated carbocycles. The van der Waals surface area contributed by atoms with Crippen LogP contribution in [-0.4, -0.2) is 37.2 Å². The number of unbranched alkanes of at least 4 members (excludes halogenated alkanes) is 55. The monoisotopic (exact) mass is 1110 g/mol. The molecule has 1 unspecified atom stereocenters. The van der Waals surface area contributed by atoms with Crippen LogP contribution in [0.1, 0.15) is 419 Å². The van der Waals surface area contributed by atoms with E-state index >= 15 is 0 Å². The van der Waals surface area contributed by atoms with Crippen molar-refractivity contribution in [2.24, 2.45) is 0 Å². The Hall–Kier alpha value is -1.85. The third kappa shape index (κ3) is 66.8. The first-order valence-corrected chi connectivity index (χ1v) is 36.2. The van der Waals surface area contributed by atoms with E-state index in [9.17, 15) is 14.4 Å². The molecule has 79 heavy (non-hydrogen) atoms. The molecule has 0 aromatic carbocycles. The Morgan fingerprint density at radius 2 is 0.418 bits per heavy atom. The minimum absolute atomic E-state index is 0.0623. The molecular formula is C73H140O6. The van der Waals surface area contributed by atoms with Gasteiger partial charge in [0.05, 0.1) is 0 Å². The van der Waals surface area contributed by atoms with E-state index in [4.69, 9.17) is 14.2 Å². The topological polar surface area (TPSA) is 78.9 Å². The number of carbonyl (C=O) groups is 3. The predicted molar refractivity (Wildman–Crippen MR) is 344 cm³/mol. The Morgan fingerprint density at radius 3 is 0.633 bits per heavy atom. The Labute approximate surface area is 494 Å². The number of hydrogen-bond donors (Lipinski definition) is 0. The van der Waals surface area contributed by atoms with Gasteiger partial charge in [-0.15, -0.1) is 0 Å². The molecule has 0 aliphatic heterocycles. The van der Waals surface area contributed by atoms with Crippen molar-refractivity contribution < 1.29 is 28.6 Å². The van der Waals surface area contributed by atoms with Crippen molar-refractivity contribution in [3.8, 4) is 0 Å². The van der Waals surface area contributed by atoms with Crippen LogP contribution in [-0.2, 0) is 28.6 Å². The van der Waals surface area contributed by atoms with Gasteiger partial charge >= 0.3 is 17.9 Å². The summed E-state index contributed by atoms with van der Waals surface area (Å²) in [6.07, 6.45) is 82.4. The van der Waals surface area contributed by atoms with Gasteiger partial charge in [-0.25, -0.2) is 0 Å². The normalized spacial score (nSPS) is 12.0. The number of ether oxygens (including phenoxy) is 3. The molecule has 0 amide bonds. The van der Waals surface area contributed by atoms with Crippen molar-refractivity contribution in [2.75, 3.05) is 13.2 Å². The highest BCUT2D eigenvalue weighted by molar-refractivity contribution is 5.71. The molecule has 1 atom stereocenters. The van der Waals surface area contributed by atoms with Crippen molar-refractivity contribution in [2.45, 2.75) is 425 Å². The van der Waals surface area contributed by atoms with Crippen LogP contribution < -0.4 is 0 Å². The van der Waals surface area contributed by atoms with Gasteiger partial charge in [-0.3, -0.25) is 14.4 Å². The van der Waals surface area contributed by atoms with Crippen LogP contribution in [0.15, 0.2) is 12.2 Å². The molecule has 0 spiro atoms. The summed E-state index contributed by atoms with van der Waals surface area (Å²) in [6, 6.07) is 0. The molecule has 0 fully saturated rings. The van der Waals surface area contributed by atoms with E-state index in [-0.39, 0.29) is 31.1 Å². The summed E-state index contributed by atoms with van der Waals surface area (Å²) < 4.78 is 17.0. The van der Waals surface area contributed by atoms with Gasteiger partial charge in [0.1, 0.15) is 13.2 Å². The molecule has 0 bridgehead atoms. The van der Waals surface area contributed by atoms with E-state index in [1.165, 1.54) is 321 Å². The van der Waals surface area contributed by atoms with Gasteiger partial charge in [0, 0.05) is 19.3 Å². The average Bonchev–Trinajstić information content (AvgIpc) is 3.45. The smallest absolute Gasteiger partial charge is 0.306 e. The van der Waals surface area contributed by atoms with Crippen molar-refractivity contribution in [1.29, 1.82) is 0 Å². The van der Waals surface area contributed by atoms with E-state index in [1.807, 2.05) is 0 Å². The van der Waals surface area contributed by atoms with Crippen LogP contribution in [0.2, 0.25) is 0 Å². The lowest BCUT2D eigenvalue weighted by Gasteiger charge is -2.18. The zero-order valence-corrected chi connectivity index (χ0v) is 53.9. The van der Waals surface area contributed by atoms with Gasteiger partial charge < -0.3 is 14.2 Å². The summed E-state index contributed by atoms with van der Waals surface area (Å²) in [5.74, 6) is -0.824. The van der Waals surface area contributed by atoms with Crippen LogP contribution in [0.5, 0.6) is 0 Å². The van der Waals surface area contributed by atoms with Gasteiger partial charge in [0.15, 0.2) is 6.10 Å². The minimum Gasteiger partial charge on any atom is -0.462 e. The number of esters is 3. The Kier molecular flexibility index (Phi) is 67.0. The maximum Gasteiger partial charge on any atom is 0.306 e. The summed E-state index contributed by atoms with van der Waals surface area (Å²) in [4.78, 5) is 38.5. The van der Waals surface area contributed by atoms with Crippen molar-refractivity contribution in [3.63, 3.8) is 0 Å². The fraction of sp³-hybridized carbons (Fsp3) is 0.932. The van der Waals surface area contributed by atoms with Gasteiger partial charge in [-0.1, -0.05) is 367 Å². The molecule has 6 heteroatoms. The molecular weight excluding hydrogens is 973 g/mol. The van der Waals surface area contributed by atoms with E-state index in [1.54, 1.807) is 0 Å². The van der Waals surface area contributed by atoms with Crippen LogP contribution in [0.25, 0.3) is 0 Å². The number of allylic oxidation sites excluding steroid dienone is 2. The molecule has 0 N–H and O–H groups in total. The highest BCUT2D eigenvalue weighted by Crippen LogP contribution is 2.19. The van der Waals surface area contributed by atoms with Gasteiger partial charge in [-0.2, -0.15) is 0 Å². The molecule has 0 aliphatic carbocycles. The highest BCUT2D eigenvalue weighted by atomic mass is 16.6. The zero-order chi connectivity index (χ0) is 57.1. The second-order valence-corrected chi connectivity index (χ2v) is 24.9. The first kappa shape index (κ1) is 77.2. The summed E-state index contributed by atoms with van der Waals surface area (Å²) in [5.41, 5.74) is 0. The van der Waals surface area contributed by atoms with Gasteiger partial charge in [-0.05, 0) is 44.9 Å². The van der Waals surface area contributed by atoms with Crippen molar-refractivity contribution in [3.05, 3.63) is 12.2 Å². The molecule has 0 saturated heterocycles. The maximum atomic E-state index is 13.0. The summed E-state index contributed by atoms with van der Waals surface area (Å²) in [7, 11) is 0. The van der Waals surface area contributed by atoms with Gasteiger partial charge in [0.25, 0.3) is 0 Å². The second-order valence-electron chi connectivity index (χ2n) is 24.9. The zero-order valence-electron chi connectivity index (χ0n) is 53.9. The van der Waals surface area contributed by atoms with Crippen molar-refractivity contribution >= 4 is 17.9 Å². The molecule has 468 valence electrons. The van der Waals surface area contributed by atoms with Crippen LogP contribution >= 0.6 is 0 Å². The lowest BCUT2D eigenvalue weighted by molar-refractivity contribution is -0.167. The maximum absolute atomic E-state index is 13.0. The first-order chi connectivity index (χ1) is 39.0. The Balaban J connectivity index is 4.23. The molecule has 6 nitrogen and oxygen atoms in total. The van der Waals surface area contributed by atoms with E-state index < -0.39 is 6.10 Å². The number of hydrogen-bond acceptors (Lipinski definition) is 6. The Morgan fingerprint density at radius 1 is 0.241 bits per heavy atom. The van der Waals surface area contributed by atoms with Crippen LogP contribution in [0, 0.1) is 0 Å². The third-order valence-corrected chi connectivity index (χ3v) is 16.8. The fourth-order valence-electron chi connectivity index (χ4n) is 11.3. The van der Waals surface area contributed by atoms with E-state index in [0.717, 1.165) is 57.8 Å². The highest BCUT2D eigenvalue weighted by Gasteiger charge is 2.20. The molecule has 0 aromatic heterocycles. The number of carbonyl (C=O) groups excluding carboxylic acids is 3. The van der Waals surface area contributed by atoms with Crippen LogP contribution in [0.3, 0.4) is 0 Å². The molecule has 0 heterocycles. The quantitative estimate of drug-likeness (QED) is 0.0261. The molecule has 0 aromatic rings. The second kappa shape index (κ2) is 68.6. The SMILES string of the molecule is CCCCCCCCCC/C=C\CCCCCCCCCCCCCCCC(=O)OCC(COC(=O)CCCCCCCCCCCCCCCCC)OC(=O)CCCCCCCCCCCCCCCCCCCCCCC. The lowest BCUT2D eigenvalue weighted by Crippen LogP contribution is -2.30. The molecule has 0 radical (unpaired) electrons. The van der Waals surface area contributed by atoms with E-state index in [2.05, 4.69) is 32.9 Å². The predicted octanol–water partition coefficient (Wildman–Crippen LogP) is 24.8. The van der Waals surface area contributed by atoms with Crippen LogP contribution in [0.4, 0.5) is 0 Å². The minimum atomic E-state index is -0.766. The molecule has 0 rings (SSSR count). The third-order valence-electron chi connectivity index (χ3n) is 16.8. The lowest BCUT2D eigenvalue weighted by atomic mass is 10.0. The average molecular weight is 1110 g/mol. The van der Waals surface area contributed by atoms with Gasteiger partial charge in [0.2, 0.25) is 0 Å². The number of rotatable bonds is 68. The summed E-state index contributed by atoms with van der Waals surface area (Å²) in [6.45, 7) is 6.74. The Bertz CT molecular complexity index is 1230. The van der Waals surface area contributed by atoms with Crippen molar-refractivity contribution in [1.82, 2.24) is 0 Å². The van der Waals surface area contributed by atoms with E-state index in [0.29, 0.717) is 19.3 Å².